The molecule has 2 rings (SSSR count). The van der Waals surface area contributed by atoms with E-state index in [1.54, 1.807) is 31.2 Å². The fourth-order valence-corrected chi connectivity index (χ4v) is 3.82. The zero-order valence-corrected chi connectivity index (χ0v) is 14.4. The second-order valence-electron chi connectivity index (χ2n) is 5.54. The molecule has 1 aliphatic rings. The van der Waals surface area contributed by atoms with Crippen molar-refractivity contribution in [2.45, 2.75) is 26.7 Å². The van der Waals surface area contributed by atoms with Crippen LogP contribution in [0.2, 0.25) is 0 Å². The summed E-state index contributed by atoms with van der Waals surface area (Å²) in [4.78, 5) is 12.4. The summed E-state index contributed by atoms with van der Waals surface area (Å²) in [6.07, 6.45) is 1.42. The second kappa shape index (κ2) is 7.79. The van der Waals surface area contributed by atoms with Gasteiger partial charge in [-0.25, -0.2) is 12.7 Å². The van der Waals surface area contributed by atoms with Crippen molar-refractivity contribution in [1.82, 2.24) is 4.31 Å². The summed E-state index contributed by atoms with van der Waals surface area (Å²) in [7, 11) is -3.24. The fraction of sp³-hybridized carbons (Fsp3) is 0.562. The number of carbonyl (C=O) groups is 1. The standard InChI is InChI=1S/C16H24N2O4S/c1-3-22-15-9-7-14(8-10-15)17-16(19)13-6-5-11-18(12-13)23(20,21)4-2/h7-10,13H,3-6,11-12H2,1-2H3,(H,17,19). The number of nitrogens with one attached hydrogen (secondary N) is 1. The molecule has 1 unspecified atom stereocenters. The lowest BCUT2D eigenvalue weighted by atomic mass is 9.99. The maximum absolute atomic E-state index is 12.4. The van der Waals surface area contributed by atoms with E-state index in [1.165, 1.54) is 4.31 Å². The average molecular weight is 340 g/mol. The Hall–Kier alpha value is -1.60. The Kier molecular flexibility index (Phi) is 6.01. The van der Waals surface area contributed by atoms with Crippen molar-refractivity contribution in [3.63, 3.8) is 0 Å². The number of hydrogen-bond donors (Lipinski definition) is 1. The van der Waals surface area contributed by atoms with E-state index >= 15 is 0 Å². The molecule has 1 fully saturated rings. The van der Waals surface area contributed by atoms with E-state index in [0.717, 1.165) is 5.75 Å². The molecular formula is C16H24N2O4S. The number of hydrogen-bond acceptors (Lipinski definition) is 4. The van der Waals surface area contributed by atoms with Gasteiger partial charge in [0.2, 0.25) is 15.9 Å². The highest BCUT2D eigenvalue weighted by molar-refractivity contribution is 7.89. The van der Waals surface area contributed by atoms with Crippen LogP contribution in [0.15, 0.2) is 24.3 Å². The molecule has 7 heteroatoms. The Morgan fingerprint density at radius 2 is 2.00 bits per heavy atom. The first-order valence-corrected chi connectivity index (χ1v) is 9.58. The van der Waals surface area contributed by atoms with Crippen molar-refractivity contribution in [1.29, 1.82) is 0 Å². The van der Waals surface area contributed by atoms with Crippen LogP contribution in [0.4, 0.5) is 5.69 Å². The monoisotopic (exact) mass is 340 g/mol. The predicted molar refractivity (Wildman–Crippen MR) is 90.0 cm³/mol. The molecule has 1 saturated heterocycles. The molecule has 1 heterocycles. The first-order chi connectivity index (χ1) is 11.0. The van der Waals surface area contributed by atoms with E-state index in [1.807, 2.05) is 6.92 Å². The van der Waals surface area contributed by atoms with Gasteiger partial charge in [0.05, 0.1) is 18.3 Å². The van der Waals surface area contributed by atoms with E-state index in [-0.39, 0.29) is 24.1 Å². The molecule has 0 aliphatic carbocycles. The number of anilines is 1. The van der Waals surface area contributed by atoms with Gasteiger partial charge in [0.25, 0.3) is 0 Å². The van der Waals surface area contributed by atoms with Crippen LogP contribution in [0.5, 0.6) is 5.75 Å². The van der Waals surface area contributed by atoms with Gasteiger partial charge in [-0.15, -0.1) is 0 Å². The van der Waals surface area contributed by atoms with Gasteiger partial charge in [-0.2, -0.15) is 0 Å². The van der Waals surface area contributed by atoms with E-state index in [2.05, 4.69) is 5.32 Å². The second-order valence-corrected chi connectivity index (χ2v) is 7.80. The minimum absolute atomic E-state index is 0.0697. The Balaban J connectivity index is 1.97. The van der Waals surface area contributed by atoms with Gasteiger partial charge in [-0.1, -0.05) is 0 Å². The van der Waals surface area contributed by atoms with Crippen molar-refractivity contribution in [2.24, 2.45) is 5.92 Å². The van der Waals surface area contributed by atoms with Crippen molar-refractivity contribution in [2.75, 3.05) is 30.8 Å². The topological polar surface area (TPSA) is 75.7 Å². The molecule has 0 radical (unpaired) electrons. The van der Waals surface area contributed by atoms with E-state index in [4.69, 9.17) is 4.74 Å². The third-order valence-electron chi connectivity index (χ3n) is 3.95. The lowest BCUT2D eigenvalue weighted by Crippen LogP contribution is -2.44. The zero-order valence-electron chi connectivity index (χ0n) is 13.6. The van der Waals surface area contributed by atoms with E-state index < -0.39 is 10.0 Å². The molecule has 128 valence electrons. The highest BCUT2D eigenvalue weighted by Gasteiger charge is 2.31. The number of carbonyl (C=O) groups excluding carboxylic acids is 1. The average Bonchev–Trinajstić information content (AvgIpc) is 2.57. The summed E-state index contributed by atoms with van der Waals surface area (Å²) in [6, 6.07) is 7.17. The minimum atomic E-state index is -3.24. The summed E-state index contributed by atoms with van der Waals surface area (Å²) in [5.74, 6) is 0.380. The summed E-state index contributed by atoms with van der Waals surface area (Å²) in [6.45, 7) is 4.89. The van der Waals surface area contributed by atoms with Crippen molar-refractivity contribution >= 4 is 21.6 Å². The van der Waals surface area contributed by atoms with Gasteiger partial charge < -0.3 is 10.1 Å². The Labute approximate surface area is 137 Å². The molecule has 0 bridgehead atoms. The van der Waals surface area contributed by atoms with Crippen LogP contribution in [-0.2, 0) is 14.8 Å². The number of ether oxygens (including phenoxy) is 1. The van der Waals surface area contributed by atoms with Gasteiger partial charge in [0, 0.05) is 18.8 Å². The molecule has 1 atom stereocenters. The number of nitrogens with zero attached hydrogens (tertiary/aromatic N) is 1. The van der Waals surface area contributed by atoms with Gasteiger partial charge in [0.15, 0.2) is 0 Å². The molecule has 0 aromatic heterocycles. The van der Waals surface area contributed by atoms with Crippen LogP contribution >= 0.6 is 0 Å². The summed E-state index contributed by atoms with van der Waals surface area (Å²) >= 11 is 0. The van der Waals surface area contributed by atoms with Crippen LogP contribution in [0.25, 0.3) is 0 Å². The molecule has 1 aromatic carbocycles. The SMILES string of the molecule is CCOc1ccc(NC(=O)C2CCCN(S(=O)(=O)CC)C2)cc1. The molecule has 0 spiro atoms. The smallest absolute Gasteiger partial charge is 0.228 e. The van der Waals surface area contributed by atoms with Gasteiger partial charge >= 0.3 is 0 Å². The number of rotatable bonds is 6. The Morgan fingerprint density at radius 1 is 1.30 bits per heavy atom. The first-order valence-electron chi connectivity index (χ1n) is 7.97. The van der Waals surface area contributed by atoms with Crippen molar-refractivity contribution < 1.29 is 17.9 Å². The maximum Gasteiger partial charge on any atom is 0.228 e. The first kappa shape index (κ1) is 17.7. The highest BCUT2D eigenvalue weighted by atomic mass is 32.2. The lowest BCUT2D eigenvalue weighted by molar-refractivity contribution is -0.120. The van der Waals surface area contributed by atoms with E-state index in [0.29, 0.717) is 31.7 Å². The molecule has 1 amide bonds. The molecular weight excluding hydrogens is 316 g/mol. The normalized spacial score (nSPS) is 19.3. The van der Waals surface area contributed by atoms with Crippen molar-refractivity contribution in [3.8, 4) is 5.75 Å². The Bertz CT molecular complexity index is 628. The summed E-state index contributed by atoms with van der Waals surface area (Å²) < 4.78 is 30.7. The van der Waals surface area contributed by atoms with E-state index in [9.17, 15) is 13.2 Å². The van der Waals surface area contributed by atoms with Crippen molar-refractivity contribution in [3.05, 3.63) is 24.3 Å². The molecule has 23 heavy (non-hydrogen) atoms. The number of benzene rings is 1. The quantitative estimate of drug-likeness (QED) is 0.860. The van der Waals surface area contributed by atoms with Crippen LogP contribution in [0.3, 0.4) is 0 Å². The zero-order chi connectivity index (χ0) is 16.9. The molecule has 6 nitrogen and oxygen atoms in total. The van der Waals surface area contributed by atoms with Crippen LogP contribution in [0.1, 0.15) is 26.7 Å². The van der Waals surface area contributed by atoms with Gasteiger partial charge in [-0.3, -0.25) is 4.79 Å². The predicted octanol–water partition coefficient (Wildman–Crippen LogP) is 2.09. The molecule has 1 aromatic rings. The van der Waals surface area contributed by atoms with Crippen LogP contribution in [-0.4, -0.2) is 44.1 Å². The number of sulfonamides is 1. The third kappa shape index (κ3) is 4.68. The molecule has 1 N–H and O–H groups in total. The van der Waals surface area contributed by atoms with Gasteiger partial charge in [0.1, 0.15) is 5.75 Å². The Morgan fingerprint density at radius 3 is 2.61 bits per heavy atom. The number of amides is 1. The molecule has 1 aliphatic heterocycles. The maximum atomic E-state index is 12.4. The summed E-state index contributed by atoms with van der Waals surface area (Å²) in [5.41, 5.74) is 0.689. The van der Waals surface area contributed by atoms with Gasteiger partial charge in [-0.05, 0) is 51.0 Å². The summed E-state index contributed by atoms with van der Waals surface area (Å²) in [5, 5.41) is 2.85. The number of piperidine rings is 1. The minimum Gasteiger partial charge on any atom is -0.494 e. The third-order valence-corrected chi connectivity index (χ3v) is 5.79. The highest BCUT2D eigenvalue weighted by Crippen LogP contribution is 2.22. The molecule has 0 saturated carbocycles. The lowest BCUT2D eigenvalue weighted by Gasteiger charge is -2.30. The fourth-order valence-electron chi connectivity index (χ4n) is 2.64. The largest absolute Gasteiger partial charge is 0.494 e. The van der Waals surface area contributed by atoms with Crippen LogP contribution in [0, 0.1) is 5.92 Å². The van der Waals surface area contributed by atoms with Crippen LogP contribution < -0.4 is 10.1 Å².